The third kappa shape index (κ3) is 5.33. The van der Waals surface area contributed by atoms with Crippen LogP contribution in [0.15, 0.2) is 66.7 Å². The minimum absolute atomic E-state index is 0.00465. The average molecular weight is 475 g/mol. The Morgan fingerprint density at radius 2 is 1.60 bits per heavy atom. The maximum Gasteiger partial charge on any atom is 0.411 e. The summed E-state index contributed by atoms with van der Waals surface area (Å²) in [7, 11) is 0. The molecule has 35 heavy (non-hydrogen) atoms. The molecule has 0 spiro atoms. The zero-order valence-electron chi connectivity index (χ0n) is 19.2. The molecule has 1 aliphatic rings. The van der Waals surface area contributed by atoms with E-state index in [2.05, 4.69) is 22.8 Å². The summed E-state index contributed by atoms with van der Waals surface area (Å²) < 4.78 is 5.58. The monoisotopic (exact) mass is 474 g/mol. The molecule has 4 N–H and O–H groups in total. The minimum Gasteiger partial charge on any atom is -0.479 e. The summed E-state index contributed by atoms with van der Waals surface area (Å²) in [6.07, 6.45) is -2.28. The molecular formula is C27H26N2O6. The van der Waals surface area contributed by atoms with E-state index < -0.39 is 24.1 Å². The summed E-state index contributed by atoms with van der Waals surface area (Å²) in [4.78, 5) is 35.7. The van der Waals surface area contributed by atoms with Crippen LogP contribution in [0.1, 0.15) is 39.4 Å². The fourth-order valence-electron chi connectivity index (χ4n) is 4.19. The molecule has 0 aliphatic heterocycles. The summed E-state index contributed by atoms with van der Waals surface area (Å²) in [5.74, 6) is -1.85. The van der Waals surface area contributed by atoms with Crippen molar-refractivity contribution < 1.29 is 29.3 Å². The van der Waals surface area contributed by atoms with Crippen molar-refractivity contribution in [1.82, 2.24) is 5.32 Å². The Morgan fingerprint density at radius 1 is 0.971 bits per heavy atom. The number of carbonyl (C=O) groups is 3. The molecule has 0 heterocycles. The zero-order chi connectivity index (χ0) is 24.9. The molecule has 8 heteroatoms. The number of carbonyl (C=O) groups excluding carboxylic acids is 2. The largest absolute Gasteiger partial charge is 0.479 e. The topological polar surface area (TPSA) is 125 Å². The highest BCUT2D eigenvalue weighted by molar-refractivity contribution is 5.96. The molecule has 0 saturated heterocycles. The van der Waals surface area contributed by atoms with Crippen molar-refractivity contribution >= 4 is 23.7 Å². The van der Waals surface area contributed by atoms with E-state index in [-0.39, 0.29) is 31.1 Å². The van der Waals surface area contributed by atoms with Crippen LogP contribution in [0.25, 0.3) is 11.1 Å². The van der Waals surface area contributed by atoms with Crippen molar-refractivity contribution in [3.05, 3.63) is 89.0 Å². The Bertz CT molecular complexity index is 1230. The van der Waals surface area contributed by atoms with Crippen LogP contribution in [0, 0.1) is 6.92 Å². The summed E-state index contributed by atoms with van der Waals surface area (Å²) in [6, 6.07) is 21.0. The number of ether oxygens (including phenoxy) is 1. The van der Waals surface area contributed by atoms with Gasteiger partial charge in [0.2, 0.25) is 0 Å². The smallest absolute Gasteiger partial charge is 0.411 e. The molecule has 1 aliphatic carbocycles. The van der Waals surface area contributed by atoms with E-state index in [1.807, 2.05) is 36.4 Å². The summed E-state index contributed by atoms with van der Waals surface area (Å²) >= 11 is 0. The van der Waals surface area contributed by atoms with E-state index in [9.17, 15) is 19.5 Å². The van der Waals surface area contributed by atoms with E-state index in [4.69, 9.17) is 9.84 Å². The van der Waals surface area contributed by atoms with Crippen molar-refractivity contribution in [2.75, 3.05) is 18.5 Å². The Balaban J connectivity index is 1.38. The SMILES string of the molecule is Cc1ccc(C(=O)NCCC(O)C(=O)O)cc1NC(=O)OCC1c2ccccc2-c2ccccc21. The fraction of sp³-hybridized carbons (Fsp3) is 0.222. The molecule has 0 bridgehead atoms. The van der Waals surface area contributed by atoms with Crippen LogP contribution in [0.4, 0.5) is 10.5 Å². The van der Waals surface area contributed by atoms with E-state index in [1.54, 1.807) is 19.1 Å². The molecule has 2 amide bonds. The third-order valence-electron chi connectivity index (χ3n) is 6.07. The number of aliphatic hydroxyl groups excluding tert-OH is 1. The van der Waals surface area contributed by atoms with Gasteiger partial charge in [-0.05, 0) is 46.9 Å². The highest BCUT2D eigenvalue weighted by Crippen LogP contribution is 2.44. The maximum absolute atomic E-state index is 12.6. The summed E-state index contributed by atoms with van der Waals surface area (Å²) in [5, 5.41) is 23.3. The number of fused-ring (bicyclic) bond motifs is 3. The van der Waals surface area contributed by atoms with Gasteiger partial charge in [0, 0.05) is 30.1 Å². The highest BCUT2D eigenvalue weighted by atomic mass is 16.5. The number of aliphatic hydroxyl groups is 1. The summed E-state index contributed by atoms with van der Waals surface area (Å²) in [5.41, 5.74) is 5.98. The first-order chi connectivity index (χ1) is 16.8. The molecule has 3 aromatic rings. The van der Waals surface area contributed by atoms with Gasteiger partial charge >= 0.3 is 12.1 Å². The summed E-state index contributed by atoms with van der Waals surface area (Å²) in [6.45, 7) is 1.96. The maximum atomic E-state index is 12.6. The number of aliphatic carboxylic acids is 1. The van der Waals surface area contributed by atoms with Crippen molar-refractivity contribution in [3.63, 3.8) is 0 Å². The predicted octanol–water partition coefficient (Wildman–Crippen LogP) is 3.92. The van der Waals surface area contributed by atoms with Gasteiger partial charge in [0.25, 0.3) is 5.91 Å². The second-order valence-corrected chi connectivity index (χ2v) is 8.38. The van der Waals surface area contributed by atoms with Gasteiger partial charge in [-0.2, -0.15) is 0 Å². The van der Waals surface area contributed by atoms with Crippen LogP contribution in [0.2, 0.25) is 0 Å². The van der Waals surface area contributed by atoms with Crippen LogP contribution in [-0.4, -0.2) is 47.4 Å². The van der Waals surface area contributed by atoms with Gasteiger partial charge in [0.1, 0.15) is 6.61 Å². The Labute approximate surface area is 202 Å². The number of benzene rings is 3. The molecule has 0 radical (unpaired) electrons. The number of hydrogen-bond donors (Lipinski definition) is 4. The lowest BCUT2D eigenvalue weighted by atomic mass is 9.98. The minimum atomic E-state index is -1.54. The third-order valence-corrected chi connectivity index (χ3v) is 6.07. The number of amides is 2. The Hall–Kier alpha value is -4.17. The molecule has 8 nitrogen and oxygen atoms in total. The van der Waals surface area contributed by atoms with Crippen LogP contribution in [0.3, 0.4) is 0 Å². The van der Waals surface area contributed by atoms with E-state index in [0.717, 1.165) is 27.8 Å². The second kappa shape index (κ2) is 10.4. The normalized spacial score (nSPS) is 12.9. The van der Waals surface area contributed by atoms with Gasteiger partial charge in [-0.3, -0.25) is 10.1 Å². The molecule has 180 valence electrons. The van der Waals surface area contributed by atoms with E-state index >= 15 is 0 Å². The van der Waals surface area contributed by atoms with Crippen molar-refractivity contribution in [1.29, 1.82) is 0 Å². The molecule has 0 saturated carbocycles. The molecular weight excluding hydrogens is 448 g/mol. The van der Waals surface area contributed by atoms with Crippen molar-refractivity contribution in [2.45, 2.75) is 25.4 Å². The van der Waals surface area contributed by atoms with Gasteiger partial charge in [-0.25, -0.2) is 9.59 Å². The average Bonchev–Trinajstić information content (AvgIpc) is 3.17. The molecule has 0 fully saturated rings. The number of nitrogens with one attached hydrogen (secondary N) is 2. The molecule has 3 aromatic carbocycles. The second-order valence-electron chi connectivity index (χ2n) is 8.38. The van der Waals surface area contributed by atoms with Gasteiger partial charge in [0.05, 0.1) is 0 Å². The first-order valence-electron chi connectivity index (χ1n) is 11.3. The van der Waals surface area contributed by atoms with E-state index in [0.29, 0.717) is 5.69 Å². The Morgan fingerprint density at radius 3 is 2.23 bits per heavy atom. The predicted molar refractivity (Wildman–Crippen MR) is 130 cm³/mol. The number of rotatable bonds is 8. The molecule has 4 rings (SSSR count). The number of carboxylic acid groups (broad SMARTS) is 1. The fourth-order valence-corrected chi connectivity index (χ4v) is 4.19. The van der Waals surface area contributed by atoms with E-state index in [1.165, 1.54) is 6.07 Å². The Kier molecular flexibility index (Phi) is 7.12. The number of carboxylic acids is 1. The number of anilines is 1. The van der Waals surface area contributed by atoms with Crippen LogP contribution >= 0.6 is 0 Å². The van der Waals surface area contributed by atoms with Gasteiger partial charge in [-0.1, -0.05) is 54.6 Å². The molecule has 0 aromatic heterocycles. The first-order valence-corrected chi connectivity index (χ1v) is 11.3. The van der Waals surface area contributed by atoms with Crippen LogP contribution in [-0.2, 0) is 9.53 Å². The first kappa shape index (κ1) is 24.0. The lowest BCUT2D eigenvalue weighted by Gasteiger charge is -2.15. The zero-order valence-corrected chi connectivity index (χ0v) is 19.2. The standard InChI is InChI=1S/C27H26N2O6/c1-16-10-11-17(25(31)28-13-12-24(30)26(32)33)14-23(16)29-27(34)35-15-22-20-8-4-2-6-18(20)19-7-3-5-9-21(19)22/h2-11,14,22,24,30H,12-13,15H2,1H3,(H,28,31)(H,29,34)(H,32,33). The lowest BCUT2D eigenvalue weighted by Crippen LogP contribution is -2.30. The van der Waals surface area contributed by atoms with Gasteiger partial charge in [-0.15, -0.1) is 0 Å². The molecule has 1 unspecified atom stereocenters. The molecule has 1 atom stereocenters. The van der Waals surface area contributed by atoms with Crippen molar-refractivity contribution in [3.8, 4) is 11.1 Å². The number of aryl methyl sites for hydroxylation is 1. The lowest BCUT2D eigenvalue weighted by molar-refractivity contribution is -0.146. The van der Waals surface area contributed by atoms with Gasteiger partial charge in [0.15, 0.2) is 6.10 Å². The van der Waals surface area contributed by atoms with Gasteiger partial charge < -0.3 is 20.3 Å². The van der Waals surface area contributed by atoms with Crippen LogP contribution in [0.5, 0.6) is 0 Å². The quantitative estimate of drug-likeness (QED) is 0.392. The van der Waals surface area contributed by atoms with Crippen LogP contribution < -0.4 is 10.6 Å². The number of hydrogen-bond acceptors (Lipinski definition) is 5. The highest BCUT2D eigenvalue weighted by Gasteiger charge is 2.29. The van der Waals surface area contributed by atoms with Crippen molar-refractivity contribution in [2.24, 2.45) is 0 Å².